The Hall–Kier alpha value is -1.19. The SMILES string of the molecule is OC[C@@]1(C(F)(F)F)O[C@@H](n2cncn2)C[C@@H]1O. The van der Waals surface area contributed by atoms with E-state index in [4.69, 9.17) is 9.84 Å². The van der Waals surface area contributed by atoms with Gasteiger partial charge in [0.25, 0.3) is 0 Å². The Morgan fingerprint density at radius 3 is 2.65 bits per heavy atom. The number of nitrogens with zero attached hydrogens (tertiary/aromatic N) is 3. The van der Waals surface area contributed by atoms with E-state index in [0.717, 1.165) is 11.0 Å². The van der Waals surface area contributed by atoms with E-state index >= 15 is 0 Å². The predicted octanol–water partition coefficient (Wildman–Crippen LogP) is -0.149. The maximum atomic E-state index is 12.8. The molecule has 1 aliphatic rings. The highest BCUT2D eigenvalue weighted by atomic mass is 19.4. The minimum absolute atomic E-state index is 0.316. The van der Waals surface area contributed by atoms with Gasteiger partial charge < -0.3 is 14.9 Å². The van der Waals surface area contributed by atoms with Crippen molar-refractivity contribution in [1.82, 2.24) is 14.8 Å². The number of alkyl halides is 3. The highest BCUT2D eigenvalue weighted by Crippen LogP contribution is 2.46. The zero-order valence-electron chi connectivity index (χ0n) is 8.50. The van der Waals surface area contributed by atoms with E-state index in [1.807, 2.05) is 0 Å². The van der Waals surface area contributed by atoms with Crippen LogP contribution >= 0.6 is 0 Å². The van der Waals surface area contributed by atoms with Crippen molar-refractivity contribution in [3.63, 3.8) is 0 Å². The molecule has 2 rings (SSSR count). The Balaban J connectivity index is 2.27. The van der Waals surface area contributed by atoms with Gasteiger partial charge in [0.15, 0.2) is 6.23 Å². The third kappa shape index (κ3) is 1.79. The van der Waals surface area contributed by atoms with E-state index < -0.39 is 30.7 Å². The van der Waals surface area contributed by atoms with Crippen molar-refractivity contribution in [3.05, 3.63) is 12.7 Å². The predicted molar refractivity (Wildman–Crippen MR) is 46.6 cm³/mol. The van der Waals surface area contributed by atoms with Gasteiger partial charge in [-0.3, -0.25) is 0 Å². The van der Waals surface area contributed by atoms with Crippen LogP contribution in [0.3, 0.4) is 0 Å². The maximum absolute atomic E-state index is 12.8. The van der Waals surface area contributed by atoms with Crippen LogP contribution in [0.25, 0.3) is 0 Å². The van der Waals surface area contributed by atoms with E-state index in [-0.39, 0.29) is 6.42 Å². The lowest BCUT2D eigenvalue weighted by molar-refractivity contribution is -0.306. The first-order valence-electron chi connectivity index (χ1n) is 4.78. The summed E-state index contributed by atoms with van der Waals surface area (Å²) >= 11 is 0. The summed E-state index contributed by atoms with van der Waals surface area (Å²) in [4.78, 5) is 3.57. The van der Waals surface area contributed by atoms with Crippen LogP contribution in [0.1, 0.15) is 12.6 Å². The van der Waals surface area contributed by atoms with Crippen LogP contribution in [0.5, 0.6) is 0 Å². The van der Waals surface area contributed by atoms with Gasteiger partial charge in [-0.05, 0) is 0 Å². The lowest BCUT2D eigenvalue weighted by Gasteiger charge is -2.31. The van der Waals surface area contributed by atoms with Crippen molar-refractivity contribution < 1.29 is 28.1 Å². The van der Waals surface area contributed by atoms with Gasteiger partial charge in [-0.25, -0.2) is 9.67 Å². The molecule has 17 heavy (non-hydrogen) atoms. The number of rotatable bonds is 2. The quantitative estimate of drug-likeness (QED) is 0.766. The van der Waals surface area contributed by atoms with Crippen molar-refractivity contribution in [1.29, 1.82) is 0 Å². The highest BCUT2D eigenvalue weighted by molar-refractivity contribution is 5.00. The molecule has 3 atom stereocenters. The molecule has 1 aliphatic heterocycles. The van der Waals surface area contributed by atoms with E-state index in [1.54, 1.807) is 0 Å². The van der Waals surface area contributed by atoms with Crippen molar-refractivity contribution in [2.24, 2.45) is 0 Å². The molecule has 0 bridgehead atoms. The number of ether oxygens (including phenoxy) is 1. The molecule has 6 nitrogen and oxygen atoms in total. The molecule has 2 heterocycles. The topological polar surface area (TPSA) is 80.4 Å². The normalized spacial score (nSPS) is 34.2. The molecular weight excluding hydrogens is 243 g/mol. The van der Waals surface area contributed by atoms with Gasteiger partial charge in [-0.15, -0.1) is 0 Å². The van der Waals surface area contributed by atoms with Crippen molar-refractivity contribution >= 4 is 0 Å². The van der Waals surface area contributed by atoms with Crippen LogP contribution in [-0.2, 0) is 4.74 Å². The molecular formula is C8H10F3N3O3. The van der Waals surface area contributed by atoms with Crippen LogP contribution in [0, 0.1) is 0 Å². The summed E-state index contributed by atoms with van der Waals surface area (Å²) in [5, 5.41) is 22.0. The third-order valence-electron chi connectivity index (χ3n) is 2.76. The van der Waals surface area contributed by atoms with Crippen molar-refractivity contribution in [2.75, 3.05) is 6.61 Å². The summed E-state index contributed by atoms with van der Waals surface area (Å²) < 4.78 is 44.2. The average molecular weight is 253 g/mol. The molecule has 2 N–H and O–H groups in total. The molecule has 1 aromatic rings. The minimum atomic E-state index is -4.86. The van der Waals surface area contributed by atoms with E-state index in [2.05, 4.69) is 10.1 Å². The Morgan fingerprint density at radius 1 is 1.53 bits per heavy atom. The zero-order chi connectivity index (χ0) is 12.7. The Kier molecular flexibility index (Phi) is 2.84. The third-order valence-corrected chi connectivity index (χ3v) is 2.76. The number of hydrogen-bond donors (Lipinski definition) is 2. The summed E-state index contributed by atoms with van der Waals surface area (Å²) in [5.74, 6) is 0. The van der Waals surface area contributed by atoms with Crippen LogP contribution in [0.4, 0.5) is 13.2 Å². The average Bonchev–Trinajstić information content (AvgIpc) is 2.82. The Labute approximate surface area is 93.6 Å². The first-order valence-corrected chi connectivity index (χ1v) is 4.78. The van der Waals surface area contributed by atoms with Crippen molar-refractivity contribution in [3.8, 4) is 0 Å². The minimum Gasteiger partial charge on any atom is -0.393 e. The second-order valence-electron chi connectivity index (χ2n) is 3.74. The van der Waals surface area contributed by atoms with Crippen molar-refractivity contribution in [2.45, 2.75) is 30.5 Å². The fourth-order valence-electron chi connectivity index (χ4n) is 1.77. The number of aromatic nitrogens is 3. The van der Waals surface area contributed by atoms with Crippen LogP contribution in [-0.4, -0.2) is 49.5 Å². The molecule has 0 spiro atoms. The first-order chi connectivity index (χ1) is 7.90. The summed E-state index contributed by atoms with van der Waals surface area (Å²) in [6.45, 7) is -1.34. The lowest BCUT2D eigenvalue weighted by Crippen LogP contribution is -2.55. The smallest absolute Gasteiger partial charge is 0.393 e. The highest BCUT2D eigenvalue weighted by Gasteiger charge is 2.65. The monoisotopic (exact) mass is 253 g/mol. The molecule has 0 aromatic carbocycles. The fourth-order valence-corrected chi connectivity index (χ4v) is 1.77. The first kappa shape index (κ1) is 12.3. The Morgan fingerprint density at radius 2 is 2.24 bits per heavy atom. The molecule has 0 amide bonds. The zero-order valence-corrected chi connectivity index (χ0v) is 8.50. The van der Waals surface area contributed by atoms with Gasteiger partial charge in [0, 0.05) is 6.42 Å². The lowest BCUT2D eigenvalue weighted by atomic mass is 9.97. The number of aliphatic hydroxyl groups excluding tert-OH is 2. The molecule has 0 aliphatic carbocycles. The van der Waals surface area contributed by atoms with Gasteiger partial charge >= 0.3 is 6.18 Å². The number of hydrogen-bond acceptors (Lipinski definition) is 5. The largest absolute Gasteiger partial charge is 0.422 e. The summed E-state index contributed by atoms with van der Waals surface area (Å²) in [6.07, 6.45) is -5.80. The molecule has 0 unspecified atom stereocenters. The van der Waals surface area contributed by atoms with Gasteiger partial charge in [0.1, 0.15) is 12.7 Å². The molecule has 1 aromatic heterocycles. The number of aliphatic hydroxyl groups is 2. The summed E-state index contributed by atoms with van der Waals surface area (Å²) in [5.41, 5.74) is -2.95. The second-order valence-corrected chi connectivity index (χ2v) is 3.74. The van der Waals surface area contributed by atoms with Gasteiger partial charge in [-0.1, -0.05) is 0 Å². The summed E-state index contributed by atoms with van der Waals surface area (Å²) in [7, 11) is 0. The van der Waals surface area contributed by atoms with E-state index in [1.165, 1.54) is 6.33 Å². The van der Waals surface area contributed by atoms with E-state index in [0.29, 0.717) is 0 Å². The van der Waals surface area contributed by atoms with Gasteiger partial charge in [-0.2, -0.15) is 18.3 Å². The maximum Gasteiger partial charge on any atom is 0.422 e. The standard InChI is InChI=1S/C8H10F3N3O3/c9-8(10,11)7(2-15)5(16)1-6(17-7)14-4-12-3-13-14/h3-6,15-16H,1-2H2/t5-,6+,7+/m0/s1. The van der Waals surface area contributed by atoms with E-state index in [9.17, 15) is 18.3 Å². The number of halogens is 3. The molecule has 0 saturated carbocycles. The molecule has 9 heteroatoms. The van der Waals surface area contributed by atoms with Gasteiger partial charge in [0.05, 0.1) is 12.7 Å². The van der Waals surface area contributed by atoms with Crippen LogP contribution in [0.15, 0.2) is 12.7 Å². The second kappa shape index (κ2) is 3.93. The fraction of sp³-hybridized carbons (Fsp3) is 0.750. The van der Waals surface area contributed by atoms with Crippen LogP contribution in [0.2, 0.25) is 0 Å². The molecule has 0 radical (unpaired) electrons. The molecule has 1 fully saturated rings. The molecule has 96 valence electrons. The summed E-state index contributed by atoms with van der Waals surface area (Å²) in [6, 6.07) is 0. The Bertz CT molecular complexity index is 383. The molecule has 1 saturated heterocycles. The van der Waals surface area contributed by atoms with Gasteiger partial charge in [0.2, 0.25) is 5.60 Å². The van der Waals surface area contributed by atoms with Crippen LogP contribution < -0.4 is 0 Å².